The highest BCUT2D eigenvalue weighted by Gasteiger charge is 2.47. The zero-order valence-corrected chi connectivity index (χ0v) is 41.9. The van der Waals surface area contributed by atoms with E-state index in [2.05, 4.69) is 217 Å². The van der Waals surface area contributed by atoms with Gasteiger partial charge < -0.3 is 13.8 Å². The second-order valence-corrected chi connectivity index (χ2v) is 23.9. The van der Waals surface area contributed by atoms with E-state index in [9.17, 15) is 0 Å². The van der Waals surface area contributed by atoms with Gasteiger partial charge in [-0.05, 0) is 159 Å². The van der Waals surface area contributed by atoms with Crippen LogP contribution in [0, 0.1) is 13.8 Å². The van der Waals surface area contributed by atoms with E-state index in [1.54, 1.807) is 0 Å². The molecule has 0 saturated carbocycles. The number of furan rings is 1. The van der Waals surface area contributed by atoms with Gasteiger partial charge in [0.2, 0.25) is 0 Å². The van der Waals surface area contributed by atoms with Crippen molar-refractivity contribution in [2.75, 3.05) is 4.90 Å². The van der Waals surface area contributed by atoms with E-state index in [0.29, 0.717) is 0 Å². The largest absolute Gasteiger partial charge is 0.455 e. The lowest BCUT2D eigenvalue weighted by Gasteiger charge is -2.42. The first-order valence-electron chi connectivity index (χ1n) is 24.9. The quantitative estimate of drug-likeness (QED) is 0.165. The van der Waals surface area contributed by atoms with Crippen molar-refractivity contribution in [3.63, 3.8) is 0 Å². The summed E-state index contributed by atoms with van der Waals surface area (Å²) in [7, 11) is 0. The van der Waals surface area contributed by atoms with Crippen LogP contribution >= 0.6 is 11.3 Å². The van der Waals surface area contributed by atoms with E-state index in [1.807, 2.05) is 11.3 Å². The summed E-state index contributed by atoms with van der Waals surface area (Å²) in [6.45, 7) is 21.2. The predicted octanol–water partition coefficient (Wildman–Crippen LogP) is 16.9. The van der Waals surface area contributed by atoms with Crippen LogP contribution in [-0.4, -0.2) is 11.3 Å². The fourth-order valence-electron chi connectivity index (χ4n) is 12.8. The molecular weight excluding hydrogens is 856 g/mol. The topological polar surface area (TPSA) is 21.3 Å². The normalized spacial score (nSPS) is 15.7. The van der Waals surface area contributed by atoms with E-state index >= 15 is 0 Å². The van der Waals surface area contributed by atoms with Gasteiger partial charge in [0.25, 0.3) is 0 Å². The van der Waals surface area contributed by atoms with Crippen LogP contribution in [0.2, 0.25) is 0 Å². The molecule has 14 rings (SSSR count). The second kappa shape index (κ2) is 13.9. The van der Waals surface area contributed by atoms with E-state index in [0.717, 1.165) is 21.9 Å². The van der Waals surface area contributed by atoms with Gasteiger partial charge in [-0.2, -0.15) is 0 Å². The number of aryl methyl sites for hydroxylation is 2. The minimum atomic E-state index is -0.107. The van der Waals surface area contributed by atoms with Gasteiger partial charge in [-0.25, -0.2) is 0 Å². The molecule has 0 saturated heterocycles. The molecule has 3 aromatic heterocycles. The van der Waals surface area contributed by atoms with Crippen LogP contribution < -0.4 is 15.1 Å². The first kappa shape index (κ1) is 41.2. The van der Waals surface area contributed by atoms with Gasteiger partial charge >= 0.3 is 6.85 Å². The first-order chi connectivity index (χ1) is 33.2. The van der Waals surface area contributed by atoms with Crippen LogP contribution in [0.4, 0.5) is 17.1 Å². The molecule has 5 heterocycles. The lowest BCUT2D eigenvalue weighted by atomic mass is 9.48. The molecule has 11 aromatic rings. The Morgan fingerprint density at radius 1 is 0.594 bits per heavy atom. The molecule has 0 atom stereocenters. The Hall–Kier alpha value is -6.82. The molecule has 69 heavy (non-hydrogen) atoms. The highest BCUT2D eigenvalue weighted by Crippen LogP contribution is 2.55. The molecular formula is C64H55BN2OS. The van der Waals surface area contributed by atoms with Gasteiger partial charge in [0, 0.05) is 69.9 Å². The molecule has 5 heteroatoms. The Morgan fingerprint density at radius 3 is 1.96 bits per heavy atom. The summed E-state index contributed by atoms with van der Waals surface area (Å²) < 4.78 is 12.7. The van der Waals surface area contributed by atoms with Crippen molar-refractivity contribution in [2.24, 2.45) is 0 Å². The molecule has 0 bridgehead atoms. The highest BCUT2D eigenvalue weighted by atomic mass is 32.1. The molecule has 3 aliphatic rings. The lowest BCUT2D eigenvalue weighted by Crippen LogP contribution is -2.55. The maximum absolute atomic E-state index is 7.23. The zero-order valence-electron chi connectivity index (χ0n) is 41.1. The van der Waals surface area contributed by atoms with Crippen LogP contribution in [-0.2, 0) is 16.2 Å². The third kappa shape index (κ3) is 5.68. The molecule has 0 N–H and O–H groups in total. The van der Waals surface area contributed by atoms with Gasteiger partial charge in [0.05, 0.1) is 5.69 Å². The molecule has 0 amide bonds. The number of anilines is 3. The molecule has 0 unspecified atom stereocenters. The Morgan fingerprint density at radius 2 is 1.25 bits per heavy atom. The van der Waals surface area contributed by atoms with E-state index in [-0.39, 0.29) is 23.1 Å². The number of hydrogen-bond donors (Lipinski definition) is 0. The van der Waals surface area contributed by atoms with Gasteiger partial charge in [0.1, 0.15) is 11.2 Å². The van der Waals surface area contributed by atoms with Gasteiger partial charge in [-0.15, -0.1) is 11.3 Å². The number of benzene rings is 8. The van der Waals surface area contributed by atoms with Crippen molar-refractivity contribution in [3.05, 3.63) is 173 Å². The van der Waals surface area contributed by atoms with Crippen molar-refractivity contribution in [3.8, 4) is 33.4 Å². The van der Waals surface area contributed by atoms with Crippen molar-refractivity contribution in [1.29, 1.82) is 0 Å². The summed E-state index contributed by atoms with van der Waals surface area (Å²) in [5, 5.41) is 6.20. The third-order valence-electron chi connectivity index (χ3n) is 16.7. The number of rotatable bonds is 3. The maximum Gasteiger partial charge on any atom is 0.343 e. The predicted molar refractivity (Wildman–Crippen MR) is 297 cm³/mol. The Labute approximate surface area is 409 Å². The molecule has 3 nitrogen and oxygen atoms in total. The Bertz CT molecular complexity index is 4040. The molecule has 8 aromatic carbocycles. The number of fused-ring (bicyclic) bond motifs is 14. The summed E-state index contributed by atoms with van der Waals surface area (Å²) >= 11 is 2.01. The van der Waals surface area contributed by atoms with Gasteiger partial charge in [0.15, 0.2) is 0 Å². The van der Waals surface area contributed by atoms with Gasteiger partial charge in [-0.1, -0.05) is 133 Å². The van der Waals surface area contributed by atoms with Crippen molar-refractivity contribution < 1.29 is 4.42 Å². The standard InChI is InChI=1S/C64H55BN2OS/c1-36-16-10-12-18-42(36)38-22-27-52-45(30-38)46-31-39(43-19-13-11-17-37(43)2)32-49-56-57-53(34-47-44-20-14-15-21-54(44)68-60(47)56)66(41-25-23-40(24-26-41)62(3,4)5)59-48-33-50-51(64(8,9)29-28-63(50,6)7)35-55(48)69-61(59)65(57)67(52)58(46)49/h10-27,30-35H,28-29H2,1-9H3. The summed E-state index contributed by atoms with van der Waals surface area (Å²) in [4.78, 5) is 2.65. The SMILES string of the molecule is Cc1ccccc1-c1ccc2c(c1)c1cc(-c3ccccc3C)cc3c1n2B1c2sc4cc5c(cc4c2N(c2ccc(C(C)(C)C)cc2)c2cc4c(oc6ccccc64)c-3c21)C(C)(C)CCC5(C)C. The van der Waals surface area contributed by atoms with Crippen LogP contribution in [0.25, 0.3) is 87.2 Å². The Balaban J connectivity index is 1.19. The van der Waals surface area contributed by atoms with E-state index in [1.165, 1.54) is 133 Å². The van der Waals surface area contributed by atoms with Gasteiger partial charge in [-0.3, -0.25) is 0 Å². The number of nitrogens with zero attached hydrogens (tertiary/aromatic N) is 2. The number of thiophene rings is 1. The van der Waals surface area contributed by atoms with Crippen LogP contribution in [0.5, 0.6) is 0 Å². The zero-order chi connectivity index (χ0) is 47.0. The molecule has 336 valence electrons. The molecule has 0 spiro atoms. The molecule has 2 aliphatic heterocycles. The average Bonchev–Trinajstić information content (AvgIpc) is 4.01. The maximum atomic E-state index is 7.23. The van der Waals surface area contributed by atoms with Crippen molar-refractivity contribution in [2.45, 2.75) is 91.4 Å². The van der Waals surface area contributed by atoms with Crippen molar-refractivity contribution in [1.82, 2.24) is 4.48 Å². The smallest absolute Gasteiger partial charge is 0.343 e. The molecule has 0 radical (unpaired) electrons. The highest BCUT2D eigenvalue weighted by molar-refractivity contribution is 7.32. The van der Waals surface area contributed by atoms with Crippen LogP contribution in [0.15, 0.2) is 150 Å². The van der Waals surface area contributed by atoms with Crippen LogP contribution in [0.3, 0.4) is 0 Å². The third-order valence-corrected chi connectivity index (χ3v) is 17.9. The van der Waals surface area contributed by atoms with Crippen LogP contribution in [0.1, 0.15) is 89.1 Å². The number of para-hydroxylation sites is 1. The molecule has 0 fully saturated rings. The van der Waals surface area contributed by atoms with E-state index < -0.39 is 0 Å². The van der Waals surface area contributed by atoms with Crippen molar-refractivity contribution >= 4 is 99.3 Å². The first-order valence-corrected chi connectivity index (χ1v) is 25.7. The summed E-state index contributed by atoms with van der Waals surface area (Å²) in [6.07, 6.45) is 2.35. The minimum Gasteiger partial charge on any atom is -0.455 e. The number of aromatic nitrogens is 1. The fourth-order valence-corrected chi connectivity index (χ4v) is 14.1. The average molecular weight is 911 g/mol. The lowest BCUT2D eigenvalue weighted by molar-refractivity contribution is 0.332. The molecule has 1 aliphatic carbocycles. The summed E-state index contributed by atoms with van der Waals surface area (Å²) in [6, 6.07) is 55.8. The summed E-state index contributed by atoms with van der Waals surface area (Å²) in [5.41, 5.74) is 23.9. The van der Waals surface area contributed by atoms with E-state index in [4.69, 9.17) is 4.42 Å². The fraction of sp³-hybridized carbons (Fsp3) is 0.219. The minimum absolute atomic E-state index is 0.0233. The Kier molecular flexibility index (Phi) is 8.31. The summed E-state index contributed by atoms with van der Waals surface area (Å²) in [5.74, 6) is 0. The monoisotopic (exact) mass is 910 g/mol. The number of hydrogen-bond acceptors (Lipinski definition) is 3. The second-order valence-electron chi connectivity index (χ2n) is 22.8.